The van der Waals surface area contributed by atoms with Crippen LogP contribution in [0.3, 0.4) is 0 Å². The number of hydrogen-bond acceptors (Lipinski definition) is 2. The van der Waals surface area contributed by atoms with Crippen molar-refractivity contribution in [1.82, 2.24) is 5.32 Å². The summed E-state index contributed by atoms with van der Waals surface area (Å²) in [7, 11) is 1.63. The molecule has 1 N–H and O–H groups in total. The van der Waals surface area contributed by atoms with Crippen LogP contribution in [0.4, 0.5) is 0 Å². The van der Waals surface area contributed by atoms with Crippen LogP contribution in [-0.2, 0) is 4.79 Å². The third kappa shape index (κ3) is 3.40. The number of nitrogens with one attached hydrogen (secondary N) is 1. The summed E-state index contributed by atoms with van der Waals surface area (Å²) in [5.74, 6) is 0.653. The average molecular weight is 180 g/mol. The summed E-state index contributed by atoms with van der Waals surface area (Å²) in [6.07, 6.45) is 6.05. The number of rotatable bonds is 4. The quantitative estimate of drug-likeness (QED) is 0.648. The van der Waals surface area contributed by atoms with Crippen LogP contribution >= 0.6 is 0 Å². The number of allylic oxidation sites excluding steroid dienone is 1. The van der Waals surface area contributed by atoms with Gasteiger partial charge in [0.25, 0.3) is 5.91 Å². The lowest BCUT2D eigenvalue weighted by Gasteiger charge is -2.02. The van der Waals surface area contributed by atoms with Gasteiger partial charge in [-0.3, -0.25) is 9.79 Å². The average Bonchev–Trinajstić information content (AvgIpc) is 2.93. The molecule has 0 spiro atoms. The zero-order valence-electron chi connectivity index (χ0n) is 8.21. The van der Waals surface area contributed by atoms with E-state index in [9.17, 15) is 4.79 Å². The van der Waals surface area contributed by atoms with Crippen LogP contribution in [0.15, 0.2) is 17.1 Å². The minimum atomic E-state index is -0.0625. The van der Waals surface area contributed by atoms with Crippen molar-refractivity contribution >= 4 is 11.6 Å². The summed E-state index contributed by atoms with van der Waals surface area (Å²) in [5, 5.41) is 2.86. The van der Waals surface area contributed by atoms with Gasteiger partial charge < -0.3 is 5.32 Å². The molecule has 0 aromatic carbocycles. The molecule has 72 valence electrons. The summed E-state index contributed by atoms with van der Waals surface area (Å²) < 4.78 is 0. The monoisotopic (exact) mass is 180 g/mol. The van der Waals surface area contributed by atoms with E-state index in [0.29, 0.717) is 11.6 Å². The minimum Gasteiger partial charge on any atom is -0.350 e. The van der Waals surface area contributed by atoms with E-state index in [1.54, 1.807) is 13.1 Å². The molecule has 3 nitrogen and oxygen atoms in total. The van der Waals surface area contributed by atoms with E-state index in [4.69, 9.17) is 0 Å². The van der Waals surface area contributed by atoms with E-state index in [-0.39, 0.29) is 5.91 Å². The van der Waals surface area contributed by atoms with E-state index >= 15 is 0 Å². The molecule has 0 bridgehead atoms. The number of hydrogen-bond donors (Lipinski definition) is 1. The summed E-state index contributed by atoms with van der Waals surface area (Å²) in [6, 6.07) is 0. The molecule has 0 atom stereocenters. The molecule has 0 saturated heterocycles. The van der Waals surface area contributed by atoms with E-state index in [2.05, 4.69) is 10.3 Å². The maximum atomic E-state index is 11.4. The SMILES string of the molecule is C/C=C\C(=NC)C(=O)NCC1CC1. The molecule has 0 aromatic heterocycles. The van der Waals surface area contributed by atoms with Crippen LogP contribution < -0.4 is 5.32 Å². The lowest BCUT2D eigenvalue weighted by atomic mass is 10.3. The smallest absolute Gasteiger partial charge is 0.269 e. The van der Waals surface area contributed by atoms with Crippen molar-refractivity contribution in [3.8, 4) is 0 Å². The molecule has 0 aromatic rings. The number of aliphatic imine (C=N–C) groups is 1. The van der Waals surface area contributed by atoms with Crippen LogP contribution in [0.2, 0.25) is 0 Å². The van der Waals surface area contributed by atoms with Crippen molar-refractivity contribution in [2.45, 2.75) is 19.8 Å². The standard InChI is InChI=1S/C10H16N2O/c1-3-4-9(11-2)10(13)12-7-8-5-6-8/h3-4,8H,5-7H2,1-2H3,(H,12,13)/b4-3-,11-9?. The highest BCUT2D eigenvalue weighted by Crippen LogP contribution is 2.27. The number of nitrogens with zero attached hydrogens (tertiary/aromatic N) is 1. The summed E-state index contributed by atoms with van der Waals surface area (Å²) in [5.41, 5.74) is 0.503. The lowest BCUT2D eigenvalue weighted by Crippen LogP contribution is -2.31. The van der Waals surface area contributed by atoms with Gasteiger partial charge in [0.15, 0.2) is 0 Å². The van der Waals surface area contributed by atoms with E-state index in [1.807, 2.05) is 13.0 Å². The molecule has 1 aliphatic carbocycles. The Labute approximate surface area is 78.9 Å². The van der Waals surface area contributed by atoms with Gasteiger partial charge in [-0.05, 0) is 31.8 Å². The van der Waals surface area contributed by atoms with Crippen molar-refractivity contribution in [3.63, 3.8) is 0 Å². The first-order chi connectivity index (χ1) is 6.27. The number of carbonyl (C=O) groups is 1. The first-order valence-corrected chi connectivity index (χ1v) is 4.65. The summed E-state index contributed by atoms with van der Waals surface area (Å²) >= 11 is 0. The third-order valence-electron chi connectivity index (χ3n) is 2.05. The third-order valence-corrected chi connectivity index (χ3v) is 2.05. The fourth-order valence-electron chi connectivity index (χ4n) is 1.06. The van der Waals surface area contributed by atoms with Crippen LogP contribution in [0.1, 0.15) is 19.8 Å². The Morgan fingerprint density at radius 3 is 2.77 bits per heavy atom. The highest BCUT2D eigenvalue weighted by atomic mass is 16.1. The first-order valence-electron chi connectivity index (χ1n) is 4.65. The molecular weight excluding hydrogens is 164 g/mol. The highest BCUT2D eigenvalue weighted by molar-refractivity contribution is 6.43. The van der Waals surface area contributed by atoms with Gasteiger partial charge in [0.2, 0.25) is 0 Å². The summed E-state index contributed by atoms with van der Waals surface area (Å²) in [4.78, 5) is 15.3. The number of amides is 1. The van der Waals surface area contributed by atoms with Crippen molar-refractivity contribution in [2.75, 3.05) is 13.6 Å². The van der Waals surface area contributed by atoms with Crippen LogP contribution in [-0.4, -0.2) is 25.2 Å². The second kappa shape index (κ2) is 4.80. The van der Waals surface area contributed by atoms with Gasteiger partial charge in [0.05, 0.1) is 0 Å². The molecule has 1 rings (SSSR count). The molecule has 3 heteroatoms. The zero-order valence-corrected chi connectivity index (χ0v) is 8.21. The minimum absolute atomic E-state index is 0.0625. The number of carbonyl (C=O) groups excluding carboxylic acids is 1. The lowest BCUT2D eigenvalue weighted by molar-refractivity contribution is -0.114. The molecule has 0 heterocycles. The largest absolute Gasteiger partial charge is 0.350 e. The molecule has 1 saturated carbocycles. The Balaban J connectivity index is 2.34. The van der Waals surface area contributed by atoms with Crippen molar-refractivity contribution in [2.24, 2.45) is 10.9 Å². The molecule has 1 aliphatic rings. The van der Waals surface area contributed by atoms with Gasteiger partial charge in [0, 0.05) is 13.6 Å². The van der Waals surface area contributed by atoms with E-state index in [0.717, 1.165) is 6.54 Å². The van der Waals surface area contributed by atoms with Gasteiger partial charge >= 0.3 is 0 Å². The second-order valence-electron chi connectivity index (χ2n) is 3.26. The van der Waals surface area contributed by atoms with Crippen molar-refractivity contribution in [1.29, 1.82) is 0 Å². The van der Waals surface area contributed by atoms with E-state index < -0.39 is 0 Å². The van der Waals surface area contributed by atoms with Crippen molar-refractivity contribution in [3.05, 3.63) is 12.2 Å². The molecule has 0 radical (unpaired) electrons. The topological polar surface area (TPSA) is 41.5 Å². The molecule has 0 aliphatic heterocycles. The first kappa shape index (κ1) is 9.96. The predicted molar refractivity (Wildman–Crippen MR) is 53.9 cm³/mol. The van der Waals surface area contributed by atoms with Crippen molar-refractivity contribution < 1.29 is 4.79 Å². The van der Waals surface area contributed by atoms with Gasteiger partial charge in [0.1, 0.15) is 5.71 Å². The molecule has 13 heavy (non-hydrogen) atoms. The van der Waals surface area contributed by atoms with Crippen LogP contribution in [0.5, 0.6) is 0 Å². The fraction of sp³-hybridized carbons (Fsp3) is 0.600. The maximum absolute atomic E-state index is 11.4. The Morgan fingerprint density at radius 2 is 2.31 bits per heavy atom. The van der Waals surface area contributed by atoms with E-state index in [1.165, 1.54) is 12.8 Å². The normalized spacial score (nSPS) is 17.8. The Bertz CT molecular complexity index is 239. The zero-order chi connectivity index (χ0) is 9.68. The molecule has 1 amide bonds. The fourth-order valence-corrected chi connectivity index (χ4v) is 1.06. The molecule has 1 fully saturated rings. The predicted octanol–water partition coefficient (Wildman–Crippen LogP) is 1.16. The Kier molecular flexibility index (Phi) is 3.68. The van der Waals surface area contributed by atoms with Crippen LogP contribution in [0.25, 0.3) is 0 Å². The van der Waals surface area contributed by atoms with Gasteiger partial charge in [-0.2, -0.15) is 0 Å². The highest BCUT2D eigenvalue weighted by Gasteiger charge is 2.22. The van der Waals surface area contributed by atoms with Crippen LogP contribution in [0, 0.1) is 5.92 Å². The van der Waals surface area contributed by atoms with Gasteiger partial charge in [-0.1, -0.05) is 6.08 Å². The van der Waals surface area contributed by atoms with Gasteiger partial charge in [-0.25, -0.2) is 0 Å². The van der Waals surface area contributed by atoms with Gasteiger partial charge in [-0.15, -0.1) is 0 Å². The summed E-state index contributed by atoms with van der Waals surface area (Å²) in [6.45, 7) is 2.68. The second-order valence-corrected chi connectivity index (χ2v) is 3.26. The maximum Gasteiger partial charge on any atom is 0.269 e. The Hall–Kier alpha value is -1.12. The Morgan fingerprint density at radius 1 is 1.62 bits per heavy atom. The molecular formula is C10H16N2O. The molecule has 0 unspecified atom stereocenters.